The van der Waals surface area contributed by atoms with Crippen molar-refractivity contribution in [3.8, 4) is 0 Å². The van der Waals surface area contributed by atoms with Gasteiger partial charge in [0.1, 0.15) is 0 Å². The van der Waals surface area contributed by atoms with Crippen LogP contribution < -0.4 is 0 Å². The molecule has 0 saturated carbocycles. The van der Waals surface area contributed by atoms with Gasteiger partial charge in [-0.1, -0.05) is 6.92 Å². The van der Waals surface area contributed by atoms with Crippen molar-refractivity contribution in [1.29, 1.82) is 0 Å². The lowest BCUT2D eigenvalue weighted by molar-refractivity contribution is 1.48. The zero-order valence-corrected chi connectivity index (χ0v) is 5.79. The van der Waals surface area contributed by atoms with Gasteiger partial charge in [-0.05, 0) is 0 Å². The standard InChI is InChI=1S/C2H5.BrH.2Mg.2H/c1-2;;;;;/h1H2,2H3;1H;;;;/q;;;+1;;/p-1. The first kappa shape index (κ1) is 10.1. The summed E-state index contributed by atoms with van der Waals surface area (Å²) in [6, 6.07) is 0. The molecular weight excluding hydrogens is 153 g/mol. The van der Waals surface area contributed by atoms with Crippen LogP contribution in [0.4, 0.5) is 0 Å². The summed E-state index contributed by atoms with van der Waals surface area (Å²) < 4.78 is 1.38. The van der Waals surface area contributed by atoms with E-state index < -0.39 is 0 Å². The Balaban J connectivity index is 0. The van der Waals surface area contributed by atoms with E-state index in [2.05, 4.69) is 19.8 Å². The van der Waals surface area contributed by atoms with Crippen molar-refractivity contribution in [2.75, 3.05) is 0 Å². The molecular formula is C2H7BrMg2. The van der Waals surface area contributed by atoms with E-state index >= 15 is 0 Å². The predicted molar refractivity (Wildman–Crippen MR) is 33.7 cm³/mol. The van der Waals surface area contributed by atoms with Crippen LogP contribution in [0.25, 0.3) is 0 Å². The maximum Gasteiger partial charge on any atom is 0.468 e. The Labute approximate surface area is 64.8 Å². The molecule has 0 N–H and O–H groups in total. The lowest BCUT2D eigenvalue weighted by Gasteiger charge is -1.59. The second-order valence-corrected chi connectivity index (χ2v) is 4.45. The van der Waals surface area contributed by atoms with Gasteiger partial charge in [0.2, 0.25) is 0 Å². The van der Waals surface area contributed by atoms with Crippen LogP contribution >= 0.6 is 12.9 Å². The van der Waals surface area contributed by atoms with Crippen molar-refractivity contribution < 1.29 is 0 Å². The molecule has 0 spiro atoms. The smallest absolute Gasteiger partial charge is 0.307 e. The molecule has 0 aromatic rings. The monoisotopic (exact) mass is 158 g/mol. The molecule has 0 atom stereocenters. The van der Waals surface area contributed by atoms with Crippen molar-refractivity contribution in [1.82, 2.24) is 0 Å². The molecule has 0 fully saturated rings. The maximum atomic E-state index is 3.39. The van der Waals surface area contributed by atoms with Crippen LogP contribution in [0.1, 0.15) is 6.92 Å². The highest BCUT2D eigenvalue weighted by Gasteiger charge is 1.73. The highest BCUT2D eigenvalue weighted by atomic mass is 79.9. The molecule has 0 aromatic carbocycles. The van der Waals surface area contributed by atoms with E-state index in [9.17, 15) is 0 Å². The third kappa shape index (κ3) is 10.7. The Morgan fingerprint density at radius 1 is 1.80 bits per heavy atom. The topological polar surface area (TPSA) is 0 Å². The number of halogens is 1. The van der Waals surface area contributed by atoms with Crippen LogP contribution in [0.3, 0.4) is 0 Å². The summed E-state index contributed by atoms with van der Waals surface area (Å²) >= 11 is 3.62. The average molecular weight is 160 g/mol. The highest BCUT2D eigenvalue weighted by Crippen LogP contribution is 1.77. The van der Waals surface area contributed by atoms with Gasteiger partial charge >= 0.3 is 41.2 Å². The summed E-state index contributed by atoms with van der Waals surface area (Å²) in [6.45, 7) is 2.20. The summed E-state index contributed by atoms with van der Waals surface area (Å²) in [5, 5.41) is 0. The Kier molecular flexibility index (Phi) is 18.9. The van der Waals surface area contributed by atoms with Crippen LogP contribution in [-0.4, -0.2) is 41.2 Å². The van der Waals surface area contributed by atoms with Crippen LogP contribution in [-0.2, 0) is 0 Å². The Morgan fingerprint density at radius 3 is 2.00 bits per heavy atom. The van der Waals surface area contributed by atoms with Crippen molar-refractivity contribution in [2.45, 2.75) is 11.5 Å². The van der Waals surface area contributed by atoms with Crippen molar-refractivity contribution in [2.24, 2.45) is 0 Å². The van der Waals surface area contributed by atoms with Crippen LogP contribution in [0.15, 0.2) is 0 Å². The fourth-order valence-electron chi connectivity index (χ4n) is 0. The largest absolute Gasteiger partial charge is 0.468 e. The number of rotatable bonds is 1. The van der Waals surface area contributed by atoms with E-state index in [1.165, 1.54) is 4.55 Å². The Bertz CT molecular complexity index is 9.61. The van der Waals surface area contributed by atoms with Gasteiger partial charge in [-0.15, -0.1) is 4.55 Å². The molecule has 0 aliphatic heterocycles. The molecule has 0 rings (SSSR count). The van der Waals surface area contributed by atoms with Gasteiger partial charge in [0.25, 0.3) is 0 Å². The van der Waals surface area contributed by atoms with E-state index in [0.29, 0.717) is 0 Å². The quantitative estimate of drug-likeness (QED) is 0.490. The maximum absolute atomic E-state index is 3.39. The first-order valence-corrected chi connectivity index (χ1v) is 6.37. The van der Waals surface area contributed by atoms with Crippen LogP contribution in [0, 0.1) is 0 Å². The predicted octanol–water partition coefficient (Wildman–Crippen LogP) is 0.522. The van der Waals surface area contributed by atoms with Crippen LogP contribution in [0.2, 0.25) is 4.55 Å². The van der Waals surface area contributed by atoms with Crippen molar-refractivity contribution in [3.05, 3.63) is 0 Å². The summed E-state index contributed by atoms with van der Waals surface area (Å²) in [5.74, 6) is 0. The zero-order chi connectivity index (χ0) is 3.41. The first-order valence-electron chi connectivity index (χ1n) is 1.47. The fourth-order valence-corrected chi connectivity index (χ4v) is 0. The van der Waals surface area contributed by atoms with Crippen molar-refractivity contribution in [3.63, 3.8) is 0 Å². The average Bonchev–Trinajstić information content (AvgIpc) is 1.37. The molecule has 0 amide bonds. The second kappa shape index (κ2) is 9.38. The molecule has 0 bridgehead atoms. The third-order valence-corrected chi connectivity index (χ3v) is 2.95. The molecule has 0 aromatic heterocycles. The van der Waals surface area contributed by atoms with Crippen molar-refractivity contribution >= 4 is 54.1 Å². The minimum absolute atomic E-state index is 0. The lowest BCUT2D eigenvalue weighted by atomic mass is 11.0. The molecule has 0 unspecified atom stereocenters. The van der Waals surface area contributed by atoms with E-state index in [-0.39, 0.29) is 41.2 Å². The molecule has 5 heavy (non-hydrogen) atoms. The fraction of sp³-hybridized carbons (Fsp3) is 1.00. The van der Waals surface area contributed by atoms with E-state index in [0.717, 1.165) is 0 Å². The summed E-state index contributed by atoms with van der Waals surface area (Å²) in [5.41, 5.74) is 0. The minimum Gasteiger partial charge on any atom is -0.307 e. The van der Waals surface area contributed by atoms with E-state index in [4.69, 9.17) is 0 Å². The molecule has 26 valence electrons. The van der Waals surface area contributed by atoms with Gasteiger partial charge in [-0.2, -0.15) is 0 Å². The summed E-state index contributed by atoms with van der Waals surface area (Å²) in [7, 11) is 0. The normalized spacial score (nSPS) is 4.40. The zero-order valence-electron chi connectivity index (χ0n) is 2.79. The third-order valence-electron chi connectivity index (χ3n) is 0.189. The number of hydrogen-bond donors (Lipinski definition) is 0. The lowest BCUT2D eigenvalue weighted by Crippen LogP contribution is -1.60. The van der Waals surface area contributed by atoms with Gasteiger partial charge in [-0.25, -0.2) is 0 Å². The van der Waals surface area contributed by atoms with Gasteiger partial charge < -0.3 is 12.9 Å². The van der Waals surface area contributed by atoms with Gasteiger partial charge in [-0.3, -0.25) is 0 Å². The van der Waals surface area contributed by atoms with E-state index in [1.807, 2.05) is 0 Å². The van der Waals surface area contributed by atoms with Crippen LogP contribution in [0.5, 0.6) is 0 Å². The molecule has 3 heteroatoms. The SMILES string of the molecule is C[CH2][Mg][Br].[MgH2]. The second-order valence-electron chi connectivity index (χ2n) is 0.689. The van der Waals surface area contributed by atoms with Gasteiger partial charge in [0.05, 0.1) is 0 Å². The first-order chi connectivity index (χ1) is 1.91. The highest BCUT2D eigenvalue weighted by molar-refractivity contribution is 9.23. The molecule has 0 radical (unpaired) electrons. The van der Waals surface area contributed by atoms with Gasteiger partial charge in [0.15, 0.2) is 0 Å². The molecule has 0 heterocycles. The summed E-state index contributed by atoms with van der Waals surface area (Å²) in [4.78, 5) is 0. The molecule has 0 nitrogen and oxygen atoms in total. The minimum atomic E-state index is 0. The van der Waals surface area contributed by atoms with Gasteiger partial charge in [0, 0.05) is 0 Å². The number of hydrogen-bond acceptors (Lipinski definition) is 0. The molecule has 0 aliphatic rings. The summed E-state index contributed by atoms with van der Waals surface area (Å²) in [6.07, 6.45) is 0. The Hall–Kier alpha value is 2.01. The Morgan fingerprint density at radius 2 is 2.00 bits per heavy atom. The van der Waals surface area contributed by atoms with E-state index in [1.54, 1.807) is 0 Å². The molecule has 0 aliphatic carbocycles. The molecule has 0 saturated heterocycles.